The highest BCUT2D eigenvalue weighted by atomic mass is 79.9. The summed E-state index contributed by atoms with van der Waals surface area (Å²) in [5.74, 6) is 1.10. The maximum atomic E-state index is 5.77. The van der Waals surface area contributed by atoms with Gasteiger partial charge in [-0.25, -0.2) is 15.0 Å². The summed E-state index contributed by atoms with van der Waals surface area (Å²) in [7, 11) is 0. The first-order chi connectivity index (χ1) is 9.16. The maximum absolute atomic E-state index is 5.77. The second-order valence-electron chi connectivity index (χ2n) is 3.89. The van der Waals surface area contributed by atoms with Crippen LogP contribution in [-0.2, 0) is 6.54 Å². The summed E-state index contributed by atoms with van der Waals surface area (Å²) in [6.07, 6.45) is 6.64. The van der Waals surface area contributed by atoms with E-state index in [0.717, 1.165) is 14.5 Å². The Morgan fingerprint density at radius 2 is 1.84 bits per heavy atom. The first-order valence-corrected chi connectivity index (χ1v) is 6.94. The Bertz CT molecular complexity index is 690. The van der Waals surface area contributed by atoms with Crippen molar-refractivity contribution in [1.29, 1.82) is 0 Å². The standard InChI is InChI=1S/C11H8Br2N6/c12-7-1-15-2-8(13)6(7)3-19-5-18-10(14)9-11(19)17-4-16-9/h1-2,4-5H,3,14H2. The van der Waals surface area contributed by atoms with Gasteiger partial charge < -0.3 is 10.3 Å². The summed E-state index contributed by atoms with van der Waals surface area (Å²) < 4.78 is 3.72. The fourth-order valence-corrected chi connectivity index (χ4v) is 2.95. The number of hydrogen-bond acceptors (Lipinski definition) is 5. The normalized spacial score (nSPS) is 11.1. The third kappa shape index (κ3) is 2.21. The van der Waals surface area contributed by atoms with Crippen LogP contribution >= 0.6 is 31.9 Å². The van der Waals surface area contributed by atoms with E-state index in [1.807, 2.05) is 4.57 Å². The summed E-state index contributed by atoms with van der Waals surface area (Å²) in [6.45, 7) is 0.589. The van der Waals surface area contributed by atoms with Crippen molar-refractivity contribution in [3.63, 3.8) is 0 Å². The summed E-state index contributed by atoms with van der Waals surface area (Å²) >= 11 is 6.97. The van der Waals surface area contributed by atoms with Crippen LogP contribution in [0.15, 0.2) is 34.0 Å². The number of nitrogens with zero attached hydrogens (tertiary/aromatic N) is 5. The molecule has 3 rings (SSSR count). The minimum atomic E-state index is 0.386. The van der Waals surface area contributed by atoms with Crippen LogP contribution in [0.5, 0.6) is 0 Å². The van der Waals surface area contributed by atoms with E-state index in [4.69, 9.17) is 5.73 Å². The quantitative estimate of drug-likeness (QED) is 0.734. The lowest BCUT2D eigenvalue weighted by Crippen LogP contribution is -2.10. The fraction of sp³-hybridized carbons (Fsp3) is 0.0909. The number of imidazole rings is 1. The lowest BCUT2D eigenvalue weighted by atomic mass is 10.2. The second-order valence-corrected chi connectivity index (χ2v) is 5.59. The van der Waals surface area contributed by atoms with Gasteiger partial charge in [-0.3, -0.25) is 4.98 Å². The van der Waals surface area contributed by atoms with E-state index in [2.05, 4.69) is 51.8 Å². The van der Waals surface area contributed by atoms with Crippen molar-refractivity contribution in [3.05, 3.63) is 39.6 Å². The lowest BCUT2D eigenvalue weighted by molar-refractivity contribution is 0.756. The molecule has 0 unspecified atom stereocenters. The van der Waals surface area contributed by atoms with Gasteiger partial charge in [0.25, 0.3) is 0 Å². The van der Waals surface area contributed by atoms with E-state index < -0.39 is 0 Å². The summed E-state index contributed by atoms with van der Waals surface area (Å²) in [6, 6.07) is 0. The molecule has 0 atom stereocenters. The number of pyridine rings is 1. The third-order valence-electron chi connectivity index (χ3n) is 2.71. The van der Waals surface area contributed by atoms with Gasteiger partial charge in [-0.2, -0.15) is 0 Å². The molecule has 3 heterocycles. The van der Waals surface area contributed by atoms with Crippen molar-refractivity contribution in [2.24, 2.45) is 0 Å². The molecule has 0 saturated heterocycles. The monoisotopic (exact) mass is 382 g/mol. The number of anilines is 1. The van der Waals surface area contributed by atoms with Crippen LogP contribution in [0.4, 0.5) is 5.82 Å². The fourth-order valence-electron chi connectivity index (χ4n) is 1.77. The Morgan fingerprint density at radius 1 is 1.11 bits per heavy atom. The zero-order valence-corrected chi connectivity index (χ0v) is 12.8. The molecule has 8 heteroatoms. The van der Waals surface area contributed by atoms with Crippen LogP contribution in [0.2, 0.25) is 0 Å². The molecule has 0 aliphatic carbocycles. The van der Waals surface area contributed by atoms with E-state index in [1.165, 1.54) is 6.33 Å². The van der Waals surface area contributed by atoms with Crippen molar-refractivity contribution < 1.29 is 0 Å². The van der Waals surface area contributed by atoms with Crippen LogP contribution in [0.3, 0.4) is 0 Å². The zero-order chi connectivity index (χ0) is 13.4. The lowest BCUT2D eigenvalue weighted by Gasteiger charge is -2.13. The van der Waals surface area contributed by atoms with Gasteiger partial charge in [-0.05, 0) is 31.9 Å². The van der Waals surface area contributed by atoms with Crippen LogP contribution in [0.1, 0.15) is 5.56 Å². The molecule has 0 saturated carbocycles. The summed E-state index contributed by atoms with van der Waals surface area (Å²) in [5.41, 5.74) is 7.43. The van der Waals surface area contributed by atoms with Gasteiger partial charge >= 0.3 is 0 Å². The molecule has 2 aliphatic rings. The molecule has 1 aromatic heterocycles. The third-order valence-corrected chi connectivity index (χ3v) is 4.08. The molecule has 0 amide bonds. The average Bonchev–Trinajstić information content (AvgIpc) is 2.87. The minimum Gasteiger partial charge on any atom is -0.382 e. The van der Waals surface area contributed by atoms with Gasteiger partial charge in [0.1, 0.15) is 12.0 Å². The van der Waals surface area contributed by atoms with E-state index in [-0.39, 0.29) is 0 Å². The Kier molecular flexibility index (Phi) is 3.19. The molecule has 19 heavy (non-hydrogen) atoms. The number of hydrogen-bond donors (Lipinski definition) is 1. The maximum Gasteiger partial charge on any atom is 0.165 e. The number of fused-ring (bicyclic) bond motifs is 1. The highest BCUT2D eigenvalue weighted by Gasteiger charge is 2.16. The number of nitrogens with two attached hydrogens (primary N) is 1. The van der Waals surface area contributed by atoms with Crippen LogP contribution in [0.25, 0.3) is 11.5 Å². The zero-order valence-electron chi connectivity index (χ0n) is 9.59. The average molecular weight is 384 g/mol. The molecule has 0 fully saturated rings. The van der Waals surface area contributed by atoms with E-state index in [9.17, 15) is 0 Å². The SMILES string of the molecule is Nc1ncn(Cc2c(Br)cncc2Br)c2ncnc1-2. The highest BCUT2D eigenvalue weighted by Crippen LogP contribution is 2.27. The number of aromatic nitrogens is 5. The Labute approximate surface area is 125 Å². The molecular formula is C11H8Br2N6. The van der Waals surface area contributed by atoms with Crippen molar-refractivity contribution in [3.8, 4) is 11.5 Å². The van der Waals surface area contributed by atoms with Gasteiger partial charge in [0.2, 0.25) is 0 Å². The Morgan fingerprint density at radius 3 is 2.58 bits per heavy atom. The van der Waals surface area contributed by atoms with Crippen molar-refractivity contribution in [2.45, 2.75) is 6.54 Å². The molecule has 1 aromatic rings. The molecule has 2 aliphatic heterocycles. The topological polar surface area (TPSA) is 82.5 Å². The van der Waals surface area contributed by atoms with Crippen LogP contribution in [0, 0.1) is 0 Å². The minimum absolute atomic E-state index is 0.386. The Balaban J connectivity index is 2.07. The van der Waals surface area contributed by atoms with Gasteiger partial charge in [-0.1, -0.05) is 0 Å². The first-order valence-electron chi connectivity index (χ1n) is 5.36. The number of halogens is 2. The predicted octanol–water partition coefficient (Wildman–Crippen LogP) is 2.33. The van der Waals surface area contributed by atoms with Gasteiger partial charge in [-0.15, -0.1) is 0 Å². The molecular weight excluding hydrogens is 376 g/mol. The molecule has 96 valence electrons. The predicted molar refractivity (Wildman–Crippen MR) is 77.6 cm³/mol. The number of rotatable bonds is 2. The largest absolute Gasteiger partial charge is 0.382 e. The smallest absolute Gasteiger partial charge is 0.165 e. The molecule has 0 radical (unpaired) electrons. The highest BCUT2D eigenvalue weighted by molar-refractivity contribution is 9.11. The second kappa shape index (κ2) is 4.86. The van der Waals surface area contributed by atoms with Crippen molar-refractivity contribution >= 4 is 37.7 Å². The van der Waals surface area contributed by atoms with Crippen LogP contribution < -0.4 is 5.73 Å². The first kappa shape index (κ1) is 12.5. The number of nitrogen functional groups attached to an aromatic ring is 1. The van der Waals surface area contributed by atoms with E-state index in [1.54, 1.807) is 18.7 Å². The van der Waals surface area contributed by atoms with Gasteiger partial charge in [0.05, 0.1) is 12.9 Å². The molecule has 6 nitrogen and oxygen atoms in total. The molecule has 2 N–H and O–H groups in total. The van der Waals surface area contributed by atoms with Crippen molar-refractivity contribution in [1.82, 2.24) is 24.5 Å². The van der Waals surface area contributed by atoms with Gasteiger partial charge in [0, 0.05) is 26.9 Å². The Hall–Kier alpha value is -1.54. The molecule has 0 bridgehead atoms. The van der Waals surface area contributed by atoms with E-state index in [0.29, 0.717) is 23.9 Å². The summed E-state index contributed by atoms with van der Waals surface area (Å²) in [5, 5.41) is 0. The van der Waals surface area contributed by atoms with Gasteiger partial charge in [0.15, 0.2) is 11.6 Å². The van der Waals surface area contributed by atoms with Crippen molar-refractivity contribution in [2.75, 3.05) is 5.73 Å². The van der Waals surface area contributed by atoms with Crippen LogP contribution in [-0.4, -0.2) is 24.5 Å². The molecule has 0 spiro atoms. The summed E-state index contributed by atoms with van der Waals surface area (Å²) in [4.78, 5) is 16.5. The van der Waals surface area contributed by atoms with E-state index >= 15 is 0 Å². The molecule has 0 aromatic carbocycles.